The zero-order valence-electron chi connectivity index (χ0n) is 6.51. The molecule has 0 aliphatic carbocycles. The Labute approximate surface area is 69.0 Å². The predicted molar refractivity (Wildman–Crippen MR) is 43.1 cm³/mol. The molecule has 1 N–H and O–H groups in total. The second kappa shape index (κ2) is 3.82. The molecule has 0 aromatic heterocycles. The first-order chi connectivity index (χ1) is 5.83. The van der Waals surface area contributed by atoms with E-state index in [4.69, 9.17) is 11.1 Å². The van der Waals surface area contributed by atoms with Crippen molar-refractivity contribution in [1.82, 2.24) is 5.32 Å². The summed E-state index contributed by atoms with van der Waals surface area (Å²) < 4.78 is 0. The van der Waals surface area contributed by atoms with Crippen LogP contribution in [0.1, 0.15) is 12.8 Å². The van der Waals surface area contributed by atoms with Crippen molar-refractivity contribution in [3.63, 3.8) is 0 Å². The molecule has 0 spiro atoms. The summed E-state index contributed by atoms with van der Waals surface area (Å²) in [6, 6.07) is 0. The van der Waals surface area contributed by atoms with Crippen LogP contribution >= 0.6 is 0 Å². The molecule has 0 radical (unpaired) electrons. The van der Waals surface area contributed by atoms with Gasteiger partial charge in [-0.05, 0) is 37.0 Å². The van der Waals surface area contributed by atoms with Gasteiger partial charge < -0.3 is 5.32 Å². The van der Waals surface area contributed by atoms with Gasteiger partial charge in [-0.2, -0.15) is 0 Å². The number of nitrogens with one attached hydrogen (secondary N) is 1. The molecule has 0 unspecified atom stereocenters. The number of hydrogen-bond donors (Lipinski definition) is 1. The van der Waals surface area contributed by atoms with Gasteiger partial charge in [0.15, 0.2) is 0 Å². The van der Waals surface area contributed by atoms with Crippen molar-refractivity contribution in [2.24, 2.45) is 10.2 Å². The number of piperidine rings is 1. The van der Waals surface area contributed by atoms with Crippen LogP contribution in [-0.4, -0.2) is 18.8 Å². The molecule has 0 atom stereocenters. The van der Waals surface area contributed by atoms with Crippen molar-refractivity contribution in [1.29, 1.82) is 0 Å². The topological polar surface area (TPSA) is 110 Å². The third-order valence-electron chi connectivity index (χ3n) is 1.87. The Bertz CT molecular complexity index is 221. The monoisotopic (exact) mass is 167 g/mol. The highest BCUT2D eigenvalue weighted by atomic mass is 15.3. The van der Waals surface area contributed by atoms with E-state index in [0.717, 1.165) is 13.1 Å². The van der Waals surface area contributed by atoms with Gasteiger partial charge in [-0.25, -0.2) is 0 Å². The van der Waals surface area contributed by atoms with Crippen LogP contribution in [0.25, 0.3) is 20.9 Å². The van der Waals surface area contributed by atoms with E-state index in [1.54, 1.807) is 0 Å². The maximum absolute atomic E-state index is 8.26. The van der Waals surface area contributed by atoms with Crippen LogP contribution in [0.15, 0.2) is 10.2 Å². The lowest BCUT2D eigenvalue weighted by atomic mass is 10.0. The van der Waals surface area contributed by atoms with Crippen LogP contribution in [0.5, 0.6) is 0 Å². The largest absolute Gasteiger partial charge is 0.317 e. The fourth-order valence-corrected chi connectivity index (χ4v) is 1.21. The molecule has 7 nitrogen and oxygen atoms in total. The highest BCUT2D eigenvalue weighted by Gasteiger charge is 2.29. The van der Waals surface area contributed by atoms with Crippen molar-refractivity contribution in [2.45, 2.75) is 18.5 Å². The summed E-state index contributed by atoms with van der Waals surface area (Å²) in [5.74, 6) is 0. The third-order valence-corrected chi connectivity index (χ3v) is 1.87. The second-order valence-electron chi connectivity index (χ2n) is 2.61. The minimum atomic E-state index is -0.866. The van der Waals surface area contributed by atoms with E-state index in [2.05, 4.69) is 25.4 Å². The number of azide groups is 1. The smallest absolute Gasteiger partial charge is 0.129 e. The Morgan fingerprint density at radius 3 is 2.00 bits per heavy atom. The molecule has 1 saturated heterocycles. The molecule has 1 aliphatic rings. The van der Waals surface area contributed by atoms with E-state index >= 15 is 0 Å². The molecular weight excluding hydrogens is 158 g/mol. The van der Waals surface area contributed by atoms with Crippen LogP contribution < -0.4 is 5.32 Å². The average molecular weight is 167 g/mol. The highest BCUT2D eigenvalue weighted by Crippen LogP contribution is 2.24. The van der Waals surface area contributed by atoms with Gasteiger partial charge in [0.1, 0.15) is 5.66 Å². The summed E-state index contributed by atoms with van der Waals surface area (Å²) in [4.78, 5) is 5.36. The van der Waals surface area contributed by atoms with E-state index in [9.17, 15) is 0 Å². The summed E-state index contributed by atoms with van der Waals surface area (Å²) in [6.07, 6.45) is 1.14. The Balaban J connectivity index is 2.82. The molecular formula is C5H9N7. The predicted octanol–water partition coefficient (Wildman–Crippen LogP) is 1.69. The number of nitrogens with zero attached hydrogens (tertiary/aromatic N) is 6. The lowest BCUT2D eigenvalue weighted by Crippen LogP contribution is -2.38. The zero-order chi connectivity index (χ0) is 8.86. The van der Waals surface area contributed by atoms with Gasteiger partial charge in [-0.1, -0.05) is 10.2 Å². The van der Waals surface area contributed by atoms with Gasteiger partial charge in [0, 0.05) is 9.82 Å². The van der Waals surface area contributed by atoms with E-state index in [0.29, 0.717) is 12.8 Å². The van der Waals surface area contributed by atoms with E-state index in [1.807, 2.05) is 0 Å². The Kier molecular flexibility index (Phi) is 2.76. The molecule has 0 saturated carbocycles. The highest BCUT2D eigenvalue weighted by molar-refractivity contribution is 4.90. The van der Waals surface area contributed by atoms with Crippen LogP contribution in [0.2, 0.25) is 0 Å². The van der Waals surface area contributed by atoms with Gasteiger partial charge in [0.05, 0.1) is 0 Å². The van der Waals surface area contributed by atoms with Crippen molar-refractivity contribution in [3.05, 3.63) is 20.9 Å². The van der Waals surface area contributed by atoms with Crippen LogP contribution in [-0.2, 0) is 0 Å². The van der Waals surface area contributed by atoms with Crippen LogP contribution in [0, 0.1) is 0 Å². The lowest BCUT2D eigenvalue weighted by molar-refractivity contribution is 0.319. The first-order valence-electron chi connectivity index (χ1n) is 3.66. The van der Waals surface area contributed by atoms with E-state index in [1.165, 1.54) is 0 Å². The van der Waals surface area contributed by atoms with Crippen molar-refractivity contribution < 1.29 is 0 Å². The van der Waals surface area contributed by atoms with Gasteiger partial charge in [0.2, 0.25) is 0 Å². The third kappa shape index (κ3) is 1.79. The lowest BCUT2D eigenvalue weighted by Gasteiger charge is -2.27. The van der Waals surface area contributed by atoms with Crippen LogP contribution in [0.3, 0.4) is 0 Å². The Hall–Kier alpha value is -1.42. The average Bonchev–Trinajstić information content (AvgIpc) is 2.07. The molecule has 0 bridgehead atoms. The van der Waals surface area contributed by atoms with Gasteiger partial charge in [-0.3, -0.25) is 0 Å². The first kappa shape index (κ1) is 8.67. The van der Waals surface area contributed by atoms with Crippen molar-refractivity contribution >= 4 is 0 Å². The Morgan fingerprint density at radius 1 is 1.08 bits per heavy atom. The van der Waals surface area contributed by atoms with Gasteiger partial charge >= 0.3 is 0 Å². The molecule has 7 heteroatoms. The summed E-state index contributed by atoms with van der Waals surface area (Å²) in [5.41, 5.74) is 15.7. The van der Waals surface area contributed by atoms with Crippen molar-refractivity contribution in [3.8, 4) is 0 Å². The molecule has 64 valence electrons. The zero-order valence-corrected chi connectivity index (χ0v) is 6.51. The van der Waals surface area contributed by atoms with Gasteiger partial charge in [-0.15, -0.1) is 0 Å². The molecule has 12 heavy (non-hydrogen) atoms. The molecule has 1 aliphatic heterocycles. The maximum atomic E-state index is 8.26. The normalized spacial score (nSPS) is 20.3. The van der Waals surface area contributed by atoms with E-state index < -0.39 is 5.66 Å². The SMILES string of the molecule is [N-]=[N+]=NC1(N=[N+]=[N-])CCNCC1. The standard InChI is InChI=1S/C5H9N7/c6-11-9-5(10-12-7)1-3-8-4-2-5/h8H,1-4H2. The quantitative estimate of drug-likeness (QED) is 0.376. The summed E-state index contributed by atoms with van der Waals surface area (Å²) in [7, 11) is 0. The number of hydrogen-bond acceptors (Lipinski definition) is 3. The number of rotatable bonds is 2. The molecule has 0 aromatic carbocycles. The van der Waals surface area contributed by atoms with Crippen molar-refractivity contribution in [2.75, 3.05) is 13.1 Å². The molecule has 1 fully saturated rings. The Morgan fingerprint density at radius 2 is 1.58 bits per heavy atom. The molecule has 0 amide bonds. The fraction of sp³-hybridized carbons (Fsp3) is 1.00. The minimum Gasteiger partial charge on any atom is -0.317 e. The maximum Gasteiger partial charge on any atom is 0.129 e. The van der Waals surface area contributed by atoms with E-state index in [-0.39, 0.29) is 0 Å². The summed E-state index contributed by atoms with van der Waals surface area (Å²) >= 11 is 0. The molecule has 1 rings (SSSR count). The first-order valence-corrected chi connectivity index (χ1v) is 3.66. The van der Waals surface area contributed by atoms with Gasteiger partial charge in [0.25, 0.3) is 0 Å². The second-order valence-corrected chi connectivity index (χ2v) is 2.61. The molecule has 1 heterocycles. The summed E-state index contributed by atoms with van der Waals surface area (Å²) in [6.45, 7) is 1.44. The summed E-state index contributed by atoms with van der Waals surface area (Å²) in [5, 5.41) is 10.1. The van der Waals surface area contributed by atoms with Crippen LogP contribution in [0.4, 0.5) is 0 Å². The minimum absolute atomic E-state index is 0.571. The molecule has 0 aromatic rings. The fourth-order valence-electron chi connectivity index (χ4n) is 1.21.